The molecule has 0 saturated carbocycles. The van der Waals surface area contributed by atoms with E-state index in [0.29, 0.717) is 6.04 Å². The van der Waals surface area contributed by atoms with Crippen LogP contribution in [-0.2, 0) is 6.54 Å². The van der Waals surface area contributed by atoms with E-state index in [0.717, 1.165) is 36.2 Å². The van der Waals surface area contributed by atoms with Crippen LogP contribution < -0.4 is 5.32 Å². The van der Waals surface area contributed by atoms with Crippen LogP contribution in [0.2, 0.25) is 4.34 Å². The van der Waals surface area contributed by atoms with E-state index in [2.05, 4.69) is 26.7 Å². The van der Waals surface area contributed by atoms with Gasteiger partial charge in [-0.2, -0.15) is 0 Å². The maximum absolute atomic E-state index is 6.01. The summed E-state index contributed by atoms with van der Waals surface area (Å²) >= 11 is 7.27. The van der Waals surface area contributed by atoms with Gasteiger partial charge in [-0.1, -0.05) is 23.0 Å². The van der Waals surface area contributed by atoms with Crippen molar-refractivity contribution in [2.75, 3.05) is 19.6 Å². The molecule has 2 heterocycles. The van der Waals surface area contributed by atoms with Crippen molar-refractivity contribution in [1.29, 1.82) is 0 Å². The number of hydrogen-bond acceptors (Lipinski definition) is 5. The minimum absolute atomic E-state index is 0.630. The van der Waals surface area contributed by atoms with Crippen molar-refractivity contribution in [3.63, 3.8) is 0 Å². The molecule has 16 heavy (non-hydrogen) atoms. The average molecular weight is 261 g/mol. The summed E-state index contributed by atoms with van der Waals surface area (Å²) < 4.78 is 4.58. The molecule has 0 amide bonds. The van der Waals surface area contributed by atoms with Crippen LogP contribution in [0.3, 0.4) is 0 Å². The van der Waals surface area contributed by atoms with Crippen LogP contribution in [0.5, 0.6) is 0 Å². The van der Waals surface area contributed by atoms with Crippen LogP contribution in [0.25, 0.3) is 0 Å². The smallest absolute Gasteiger partial charge is 0.138 e. The molecular formula is C10H17ClN4S. The molecule has 1 fully saturated rings. The van der Waals surface area contributed by atoms with Crippen molar-refractivity contribution < 1.29 is 0 Å². The number of likely N-dealkylation sites (N-methyl/N-ethyl adjacent to an activating group) is 1. The molecule has 1 saturated heterocycles. The van der Waals surface area contributed by atoms with Crippen LogP contribution in [0.15, 0.2) is 0 Å². The standard InChI is InChI=1S/C10H17ClN4S/c1-2-15(6-8-4-3-5-12-8)7-9-10(11)16-14-13-9/h8,12H,2-7H2,1H3. The third-order valence-electron chi connectivity index (χ3n) is 2.97. The first-order valence-corrected chi connectivity index (χ1v) is 6.87. The minimum Gasteiger partial charge on any atom is -0.313 e. The molecule has 1 aromatic heterocycles. The highest BCUT2D eigenvalue weighted by Crippen LogP contribution is 2.19. The second-order valence-electron chi connectivity index (χ2n) is 4.11. The quantitative estimate of drug-likeness (QED) is 0.876. The van der Waals surface area contributed by atoms with E-state index in [9.17, 15) is 0 Å². The van der Waals surface area contributed by atoms with Gasteiger partial charge in [0.05, 0.1) is 0 Å². The summed E-state index contributed by atoms with van der Waals surface area (Å²) in [6, 6.07) is 0.630. The van der Waals surface area contributed by atoms with Gasteiger partial charge in [0.1, 0.15) is 10.0 Å². The summed E-state index contributed by atoms with van der Waals surface area (Å²) in [5, 5.41) is 7.56. The number of rotatable bonds is 5. The maximum Gasteiger partial charge on any atom is 0.138 e. The summed E-state index contributed by atoms with van der Waals surface area (Å²) in [4.78, 5) is 2.37. The highest BCUT2D eigenvalue weighted by molar-refractivity contribution is 7.10. The molecule has 0 aliphatic carbocycles. The summed E-state index contributed by atoms with van der Waals surface area (Å²) in [6.07, 6.45) is 2.57. The van der Waals surface area contributed by atoms with Gasteiger partial charge in [-0.3, -0.25) is 4.90 Å². The molecule has 90 valence electrons. The lowest BCUT2D eigenvalue weighted by Crippen LogP contribution is -2.37. The molecule has 0 radical (unpaired) electrons. The number of halogens is 1. The maximum atomic E-state index is 6.01. The number of nitrogens with zero attached hydrogens (tertiary/aromatic N) is 3. The van der Waals surface area contributed by atoms with E-state index in [4.69, 9.17) is 11.6 Å². The Morgan fingerprint density at radius 1 is 1.62 bits per heavy atom. The largest absolute Gasteiger partial charge is 0.313 e. The molecule has 1 atom stereocenters. The monoisotopic (exact) mass is 260 g/mol. The predicted molar refractivity (Wildman–Crippen MR) is 66.9 cm³/mol. The zero-order valence-electron chi connectivity index (χ0n) is 9.45. The van der Waals surface area contributed by atoms with Gasteiger partial charge < -0.3 is 5.32 Å². The molecule has 1 N–H and O–H groups in total. The van der Waals surface area contributed by atoms with Gasteiger partial charge in [0.15, 0.2) is 0 Å². The van der Waals surface area contributed by atoms with Crippen LogP contribution in [0.4, 0.5) is 0 Å². The minimum atomic E-state index is 0.630. The molecule has 0 bridgehead atoms. The lowest BCUT2D eigenvalue weighted by Gasteiger charge is -2.23. The number of aromatic nitrogens is 2. The fraction of sp³-hybridized carbons (Fsp3) is 0.800. The highest BCUT2D eigenvalue weighted by Gasteiger charge is 2.18. The van der Waals surface area contributed by atoms with E-state index in [1.807, 2.05) is 0 Å². The fourth-order valence-electron chi connectivity index (χ4n) is 2.03. The topological polar surface area (TPSA) is 41.1 Å². The second-order valence-corrected chi connectivity index (χ2v) is 5.47. The molecule has 1 aromatic rings. The summed E-state index contributed by atoms with van der Waals surface area (Å²) in [6.45, 7) is 6.23. The normalized spacial score (nSPS) is 20.8. The summed E-state index contributed by atoms with van der Waals surface area (Å²) in [5.74, 6) is 0. The highest BCUT2D eigenvalue weighted by atomic mass is 35.5. The Morgan fingerprint density at radius 2 is 2.50 bits per heavy atom. The second kappa shape index (κ2) is 5.91. The molecule has 0 aromatic carbocycles. The van der Waals surface area contributed by atoms with E-state index >= 15 is 0 Å². The Balaban J connectivity index is 1.87. The summed E-state index contributed by atoms with van der Waals surface area (Å²) in [5.41, 5.74) is 0.909. The molecular weight excluding hydrogens is 244 g/mol. The Bertz CT molecular complexity index is 324. The van der Waals surface area contributed by atoms with Crippen molar-refractivity contribution in [2.24, 2.45) is 0 Å². The van der Waals surface area contributed by atoms with Crippen molar-refractivity contribution in [2.45, 2.75) is 32.4 Å². The predicted octanol–water partition coefficient (Wildman–Crippen LogP) is 1.77. The zero-order valence-corrected chi connectivity index (χ0v) is 11.0. The summed E-state index contributed by atoms with van der Waals surface area (Å²) in [7, 11) is 0. The Kier molecular flexibility index (Phi) is 4.52. The van der Waals surface area contributed by atoms with Crippen molar-refractivity contribution in [3.05, 3.63) is 10.0 Å². The van der Waals surface area contributed by atoms with Crippen LogP contribution in [0.1, 0.15) is 25.5 Å². The first-order chi connectivity index (χ1) is 7.79. The molecule has 1 unspecified atom stereocenters. The van der Waals surface area contributed by atoms with Gasteiger partial charge in [-0.05, 0) is 25.9 Å². The SMILES string of the molecule is CCN(Cc1nnsc1Cl)CC1CCCN1. The fourth-order valence-corrected chi connectivity index (χ4v) is 2.64. The number of hydrogen-bond donors (Lipinski definition) is 1. The van der Waals surface area contributed by atoms with Crippen LogP contribution >= 0.6 is 23.1 Å². The van der Waals surface area contributed by atoms with Crippen molar-refractivity contribution >= 4 is 23.1 Å². The van der Waals surface area contributed by atoms with Gasteiger partial charge in [0.25, 0.3) is 0 Å². The molecule has 0 spiro atoms. The van der Waals surface area contributed by atoms with Crippen molar-refractivity contribution in [1.82, 2.24) is 19.8 Å². The zero-order chi connectivity index (χ0) is 11.4. The van der Waals surface area contributed by atoms with Gasteiger partial charge >= 0.3 is 0 Å². The average Bonchev–Trinajstić information content (AvgIpc) is 2.90. The third kappa shape index (κ3) is 3.13. The Morgan fingerprint density at radius 3 is 3.06 bits per heavy atom. The molecule has 2 rings (SSSR count). The Labute approximate surface area is 105 Å². The van der Waals surface area contributed by atoms with Gasteiger partial charge in [-0.15, -0.1) is 5.10 Å². The van der Waals surface area contributed by atoms with E-state index in [1.54, 1.807) is 0 Å². The molecule has 4 nitrogen and oxygen atoms in total. The lowest BCUT2D eigenvalue weighted by molar-refractivity contribution is 0.250. The first-order valence-electron chi connectivity index (χ1n) is 5.72. The van der Waals surface area contributed by atoms with E-state index < -0.39 is 0 Å². The van der Waals surface area contributed by atoms with Gasteiger partial charge in [0, 0.05) is 30.7 Å². The molecule has 6 heteroatoms. The lowest BCUT2D eigenvalue weighted by atomic mass is 10.2. The van der Waals surface area contributed by atoms with Crippen LogP contribution in [-0.4, -0.2) is 40.2 Å². The first kappa shape index (κ1) is 12.2. The number of nitrogens with one attached hydrogen (secondary N) is 1. The molecule has 1 aliphatic heterocycles. The van der Waals surface area contributed by atoms with Crippen molar-refractivity contribution in [3.8, 4) is 0 Å². The van der Waals surface area contributed by atoms with Crippen LogP contribution in [0, 0.1) is 0 Å². The third-order valence-corrected chi connectivity index (χ3v) is 3.96. The van der Waals surface area contributed by atoms with E-state index in [1.165, 1.54) is 24.4 Å². The Hall–Kier alpha value is -0.230. The van der Waals surface area contributed by atoms with Gasteiger partial charge in [-0.25, -0.2) is 0 Å². The molecule has 1 aliphatic rings. The van der Waals surface area contributed by atoms with Gasteiger partial charge in [0.2, 0.25) is 0 Å². The van der Waals surface area contributed by atoms with E-state index in [-0.39, 0.29) is 0 Å².